The second-order valence-electron chi connectivity index (χ2n) is 5.67. The van der Waals surface area contributed by atoms with E-state index in [4.69, 9.17) is 4.42 Å². The van der Waals surface area contributed by atoms with Crippen molar-refractivity contribution in [3.63, 3.8) is 0 Å². The van der Waals surface area contributed by atoms with Gasteiger partial charge in [0, 0.05) is 10.0 Å². The number of nitrogens with one attached hydrogen (secondary N) is 2. The lowest BCUT2D eigenvalue weighted by molar-refractivity contribution is 0.384. The Bertz CT molecular complexity index is 589. The SMILES string of the molecule is Cc1cccc(Nc2nnc(CNC(C)(C)C)o2)c1Br. The zero-order valence-corrected chi connectivity index (χ0v) is 13.7. The molecular weight excluding hydrogens is 320 g/mol. The molecule has 1 heterocycles. The molecule has 0 atom stereocenters. The van der Waals surface area contributed by atoms with Gasteiger partial charge in [0.1, 0.15) is 0 Å². The highest BCUT2D eigenvalue weighted by molar-refractivity contribution is 9.10. The first-order chi connectivity index (χ1) is 9.35. The molecule has 0 spiro atoms. The number of benzene rings is 1. The van der Waals surface area contributed by atoms with Crippen molar-refractivity contribution in [1.82, 2.24) is 15.5 Å². The van der Waals surface area contributed by atoms with Crippen LogP contribution in [0.4, 0.5) is 11.7 Å². The van der Waals surface area contributed by atoms with Crippen molar-refractivity contribution in [2.45, 2.75) is 39.8 Å². The molecule has 0 fully saturated rings. The fraction of sp³-hybridized carbons (Fsp3) is 0.429. The maximum atomic E-state index is 5.56. The highest BCUT2D eigenvalue weighted by Crippen LogP contribution is 2.28. The van der Waals surface area contributed by atoms with Crippen LogP contribution >= 0.6 is 15.9 Å². The standard InChI is InChI=1S/C14H19BrN4O/c1-9-6-5-7-10(12(9)15)17-13-19-18-11(20-13)8-16-14(2,3)4/h5-7,16H,8H2,1-4H3,(H,17,19). The Balaban J connectivity index is 2.04. The summed E-state index contributed by atoms with van der Waals surface area (Å²) in [6, 6.07) is 6.35. The molecule has 0 aliphatic heterocycles. The van der Waals surface area contributed by atoms with Crippen LogP contribution in [0.2, 0.25) is 0 Å². The third-order valence-electron chi connectivity index (χ3n) is 2.67. The van der Waals surface area contributed by atoms with Crippen LogP contribution in [0.3, 0.4) is 0 Å². The Labute approximate surface area is 127 Å². The molecule has 0 bridgehead atoms. The first-order valence-electron chi connectivity index (χ1n) is 6.45. The first-order valence-corrected chi connectivity index (χ1v) is 7.24. The van der Waals surface area contributed by atoms with Gasteiger partial charge in [-0.2, -0.15) is 0 Å². The molecular formula is C14H19BrN4O. The van der Waals surface area contributed by atoms with E-state index in [9.17, 15) is 0 Å². The molecule has 1 aromatic heterocycles. The van der Waals surface area contributed by atoms with Crippen LogP contribution in [0.5, 0.6) is 0 Å². The topological polar surface area (TPSA) is 63.0 Å². The summed E-state index contributed by atoms with van der Waals surface area (Å²) in [6.45, 7) is 8.85. The highest BCUT2D eigenvalue weighted by Gasteiger charge is 2.13. The van der Waals surface area contributed by atoms with E-state index in [1.54, 1.807) is 0 Å². The molecule has 0 unspecified atom stereocenters. The van der Waals surface area contributed by atoms with Gasteiger partial charge in [-0.3, -0.25) is 0 Å². The van der Waals surface area contributed by atoms with Gasteiger partial charge in [-0.15, -0.1) is 5.10 Å². The summed E-state index contributed by atoms with van der Waals surface area (Å²) < 4.78 is 6.55. The third-order valence-corrected chi connectivity index (χ3v) is 3.72. The van der Waals surface area contributed by atoms with E-state index in [-0.39, 0.29) is 5.54 Å². The number of hydrogen-bond acceptors (Lipinski definition) is 5. The number of aromatic nitrogens is 2. The summed E-state index contributed by atoms with van der Waals surface area (Å²) >= 11 is 3.54. The predicted molar refractivity (Wildman–Crippen MR) is 83.1 cm³/mol. The van der Waals surface area contributed by atoms with Crippen molar-refractivity contribution in [2.75, 3.05) is 5.32 Å². The summed E-state index contributed by atoms with van der Waals surface area (Å²) in [5.41, 5.74) is 2.06. The van der Waals surface area contributed by atoms with Gasteiger partial charge in [0.2, 0.25) is 5.89 Å². The molecule has 20 heavy (non-hydrogen) atoms. The lowest BCUT2D eigenvalue weighted by atomic mass is 10.1. The zero-order chi connectivity index (χ0) is 14.8. The molecule has 1 aromatic carbocycles. The molecule has 0 saturated carbocycles. The average molecular weight is 339 g/mol. The van der Waals surface area contributed by atoms with Gasteiger partial charge in [0.25, 0.3) is 0 Å². The minimum Gasteiger partial charge on any atom is -0.406 e. The Hall–Kier alpha value is -1.40. The molecule has 2 rings (SSSR count). The van der Waals surface area contributed by atoms with E-state index < -0.39 is 0 Å². The number of halogens is 1. The Morgan fingerprint density at radius 1 is 1.25 bits per heavy atom. The number of hydrogen-bond donors (Lipinski definition) is 2. The molecule has 6 heteroatoms. The molecule has 0 radical (unpaired) electrons. The maximum Gasteiger partial charge on any atom is 0.320 e. The first kappa shape index (κ1) is 15.0. The van der Waals surface area contributed by atoms with Gasteiger partial charge in [0.05, 0.1) is 12.2 Å². The van der Waals surface area contributed by atoms with Crippen LogP contribution in [-0.2, 0) is 6.54 Å². The summed E-state index contributed by atoms with van der Waals surface area (Å²) in [5, 5.41) is 14.4. The normalized spacial score (nSPS) is 11.7. The Morgan fingerprint density at radius 3 is 2.70 bits per heavy atom. The fourth-order valence-corrected chi connectivity index (χ4v) is 1.94. The largest absolute Gasteiger partial charge is 0.406 e. The van der Waals surface area contributed by atoms with E-state index >= 15 is 0 Å². The van der Waals surface area contributed by atoms with E-state index in [0.717, 1.165) is 15.7 Å². The van der Waals surface area contributed by atoms with Crippen LogP contribution < -0.4 is 10.6 Å². The van der Waals surface area contributed by atoms with Crippen molar-refractivity contribution in [2.24, 2.45) is 0 Å². The summed E-state index contributed by atoms with van der Waals surface area (Å²) in [5.74, 6) is 0.561. The summed E-state index contributed by atoms with van der Waals surface area (Å²) in [6.07, 6.45) is 0. The number of rotatable bonds is 4. The van der Waals surface area contributed by atoms with Crippen molar-refractivity contribution in [3.05, 3.63) is 34.1 Å². The van der Waals surface area contributed by atoms with Gasteiger partial charge in [-0.25, -0.2) is 0 Å². The van der Waals surface area contributed by atoms with Crippen LogP contribution in [-0.4, -0.2) is 15.7 Å². The minimum absolute atomic E-state index is 0.0155. The summed E-state index contributed by atoms with van der Waals surface area (Å²) in [7, 11) is 0. The lowest BCUT2D eigenvalue weighted by Gasteiger charge is -2.18. The van der Waals surface area contributed by atoms with Crippen molar-refractivity contribution in [3.8, 4) is 0 Å². The number of anilines is 2. The Morgan fingerprint density at radius 2 is 2.00 bits per heavy atom. The van der Waals surface area contributed by atoms with Gasteiger partial charge in [0.15, 0.2) is 0 Å². The molecule has 0 aliphatic carbocycles. The van der Waals surface area contributed by atoms with Crippen LogP contribution in [0.1, 0.15) is 32.2 Å². The van der Waals surface area contributed by atoms with Gasteiger partial charge < -0.3 is 15.1 Å². The average Bonchev–Trinajstić information content (AvgIpc) is 2.80. The second kappa shape index (κ2) is 5.93. The zero-order valence-electron chi connectivity index (χ0n) is 12.1. The van der Waals surface area contributed by atoms with Gasteiger partial charge >= 0.3 is 6.01 Å². The van der Waals surface area contributed by atoms with Gasteiger partial charge in [-0.1, -0.05) is 17.2 Å². The molecule has 0 amide bonds. The third kappa shape index (κ3) is 4.05. The number of aryl methyl sites for hydroxylation is 1. The van der Waals surface area contributed by atoms with E-state index in [2.05, 4.69) is 57.5 Å². The smallest absolute Gasteiger partial charge is 0.320 e. The predicted octanol–water partition coefficient (Wildman–Crippen LogP) is 3.77. The molecule has 2 N–H and O–H groups in total. The van der Waals surface area contributed by atoms with Crippen LogP contribution in [0.15, 0.2) is 27.1 Å². The fourth-order valence-electron chi connectivity index (χ4n) is 1.58. The van der Waals surface area contributed by atoms with Crippen molar-refractivity contribution >= 4 is 27.6 Å². The molecule has 0 aliphatic rings. The maximum absolute atomic E-state index is 5.56. The minimum atomic E-state index is 0.0155. The monoisotopic (exact) mass is 338 g/mol. The van der Waals surface area contributed by atoms with E-state index in [1.165, 1.54) is 0 Å². The second-order valence-corrected chi connectivity index (χ2v) is 6.46. The van der Waals surface area contributed by atoms with Crippen molar-refractivity contribution in [1.29, 1.82) is 0 Å². The lowest BCUT2D eigenvalue weighted by Crippen LogP contribution is -2.35. The highest BCUT2D eigenvalue weighted by atomic mass is 79.9. The van der Waals surface area contributed by atoms with E-state index in [1.807, 2.05) is 25.1 Å². The van der Waals surface area contributed by atoms with Gasteiger partial charge in [-0.05, 0) is 55.3 Å². The Kier molecular flexibility index (Phi) is 4.45. The quantitative estimate of drug-likeness (QED) is 0.888. The summed E-state index contributed by atoms with van der Waals surface area (Å²) in [4.78, 5) is 0. The van der Waals surface area contributed by atoms with Crippen molar-refractivity contribution < 1.29 is 4.42 Å². The molecule has 0 saturated heterocycles. The van der Waals surface area contributed by atoms with Crippen LogP contribution in [0, 0.1) is 6.92 Å². The molecule has 108 valence electrons. The van der Waals surface area contributed by atoms with E-state index in [0.29, 0.717) is 18.5 Å². The van der Waals surface area contributed by atoms with Crippen LogP contribution in [0.25, 0.3) is 0 Å². The number of nitrogens with zero attached hydrogens (tertiary/aromatic N) is 2. The molecule has 2 aromatic rings. The molecule has 5 nitrogen and oxygen atoms in total.